The van der Waals surface area contributed by atoms with Gasteiger partial charge in [-0.25, -0.2) is 0 Å². The minimum atomic E-state index is -0.885. The summed E-state index contributed by atoms with van der Waals surface area (Å²) in [5, 5.41) is 8.89. The lowest BCUT2D eigenvalue weighted by atomic mass is 9.98. The number of allylic oxidation sites excluding steroid dienone is 5. The van der Waals surface area contributed by atoms with Crippen LogP contribution in [0.5, 0.6) is 0 Å². The van der Waals surface area contributed by atoms with Crippen molar-refractivity contribution in [1.29, 1.82) is 0 Å². The molecule has 1 N–H and O–H groups in total. The van der Waals surface area contributed by atoms with Crippen molar-refractivity contribution in [2.75, 3.05) is 6.61 Å². The van der Waals surface area contributed by atoms with Crippen molar-refractivity contribution in [2.45, 2.75) is 73.6 Å². The number of carboxylic acid groups (broad SMARTS) is 1. The van der Waals surface area contributed by atoms with Crippen LogP contribution in [0.3, 0.4) is 0 Å². The monoisotopic (exact) mass is 364 g/mol. The Morgan fingerprint density at radius 2 is 1.42 bits per heavy atom. The van der Waals surface area contributed by atoms with E-state index in [4.69, 9.17) is 9.84 Å². The minimum Gasteiger partial charge on any atom is -0.481 e. The molecule has 0 aliphatic rings. The maximum Gasteiger partial charge on any atom is 0.308 e. The lowest BCUT2D eigenvalue weighted by molar-refractivity contribution is -0.148. The van der Waals surface area contributed by atoms with E-state index in [1.807, 2.05) is 13.0 Å². The fourth-order valence-corrected chi connectivity index (χ4v) is 2.47. The molecule has 0 aliphatic heterocycles. The van der Waals surface area contributed by atoms with Gasteiger partial charge in [-0.15, -0.1) is 0 Å². The van der Waals surface area contributed by atoms with E-state index < -0.39 is 17.8 Å². The number of esters is 1. The van der Waals surface area contributed by atoms with Gasteiger partial charge in [0.25, 0.3) is 0 Å². The van der Waals surface area contributed by atoms with Gasteiger partial charge >= 0.3 is 11.9 Å². The molecule has 2 atom stereocenters. The molecular weight excluding hydrogens is 328 g/mol. The molecule has 0 saturated carbocycles. The Bertz CT molecular complexity index is 536. The van der Waals surface area contributed by atoms with E-state index in [1.165, 1.54) is 16.7 Å². The van der Waals surface area contributed by atoms with Crippen molar-refractivity contribution in [1.82, 2.24) is 0 Å². The molecular formula is C22H36O4. The van der Waals surface area contributed by atoms with Gasteiger partial charge in [0.1, 0.15) is 6.61 Å². The number of ether oxygens (including phenoxy) is 1. The topological polar surface area (TPSA) is 63.6 Å². The van der Waals surface area contributed by atoms with Crippen LogP contribution in [-0.4, -0.2) is 23.7 Å². The van der Waals surface area contributed by atoms with E-state index >= 15 is 0 Å². The van der Waals surface area contributed by atoms with Gasteiger partial charge in [0.05, 0.1) is 11.8 Å². The molecule has 0 aromatic heterocycles. The standard InChI is InChI=1S/C22H36O4/c1-16(2)9-7-10-17(3)11-8-12-18(4)13-14-26-22(25)20(6)15-19(5)21(23)24/h9,11,13,19-20H,7-8,10,12,14-15H2,1-6H3,(H,23,24)/b17-11+,18-13+. The fourth-order valence-electron chi connectivity index (χ4n) is 2.47. The van der Waals surface area contributed by atoms with Crippen molar-refractivity contribution in [3.05, 3.63) is 34.9 Å². The lowest BCUT2D eigenvalue weighted by Gasteiger charge is -2.13. The Hall–Kier alpha value is -1.84. The summed E-state index contributed by atoms with van der Waals surface area (Å²) in [5.41, 5.74) is 3.96. The van der Waals surface area contributed by atoms with E-state index in [0.717, 1.165) is 25.7 Å². The molecule has 4 nitrogen and oxygen atoms in total. The molecule has 0 aromatic carbocycles. The Labute approximate surface area is 159 Å². The van der Waals surface area contributed by atoms with Crippen LogP contribution in [0.15, 0.2) is 34.9 Å². The number of carboxylic acids is 1. The quantitative estimate of drug-likeness (QED) is 0.356. The second-order valence-electron chi connectivity index (χ2n) is 7.47. The Balaban J connectivity index is 4.12. The van der Waals surface area contributed by atoms with Crippen LogP contribution in [0, 0.1) is 11.8 Å². The SMILES string of the molecule is CC(C)=CCC/C(C)=C/CC/C(C)=C/COC(=O)C(C)CC(C)C(=O)O. The molecule has 0 saturated heterocycles. The Kier molecular flexibility index (Phi) is 12.4. The molecule has 0 aromatic rings. The summed E-state index contributed by atoms with van der Waals surface area (Å²) >= 11 is 0. The van der Waals surface area contributed by atoms with Crippen LogP contribution in [0.1, 0.15) is 73.6 Å². The van der Waals surface area contributed by atoms with Crippen molar-refractivity contribution < 1.29 is 19.4 Å². The zero-order valence-corrected chi connectivity index (χ0v) is 17.3. The highest BCUT2D eigenvalue weighted by molar-refractivity contribution is 5.74. The van der Waals surface area contributed by atoms with E-state index in [1.54, 1.807) is 13.8 Å². The molecule has 0 spiro atoms. The van der Waals surface area contributed by atoms with Crippen LogP contribution in [-0.2, 0) is 14.3 Å². The lowest BCUT2D eigenvalue weighted by Crippen LogP contribution is -2.21. The molecule has 0 fully saturated rings. The first-order valence-corrected chi connectivity index (χ1v) is 9.47. The summed E-state index contributed by atoms with van der Waals surface area (Å²) < 4.78 is 5.23. The first kappa shape index (κ1) is 24.2. The molecule has 4 heteroatoms. The van der Waals surface area contributed by atoms with Gasteiger partial charge in [-0.1, -0.05) is 42.7 Å². The third-order valence-corrected chi connectivity index (χ3v) is 4.31. The number of hydrogen-bond donors (Lipinski definition) is 1. The van der Waals surface area contributed by atoms with Crippen molar-refractivity contribution >= 4 is 11.9 Å². The summed E-state index contributed by atoms with van der Waals surface area (Å²) in [7, 11) is 0. The van der Waals surface area contributed by atoms with Gasteiger partial charge in [0, 0.05) is 0 Å². The predicted molar refractivity (Wildman–Crippen MR) is 107 cm³/mol. The maximum atomic E-state index is 11.9. The van der Waals surface area contributed by atoms with Gasteiger partial charge in [-0.05, 0) is 65.9 Å². The molecule has 0 heterocycles. The van der Waals surface area contributed by atoms with Gasteiger partial charge in [-0.2, -0.15) is 0 Å². The smallest absolute Gasteiger partial charge is 0.308 e. The van der Waals surface area contributed by atoms with Gasteiger partial charge < -0.3 is 9.84 Å². The molecule has 0 rings (SSSR count). The highest BCUT2D eigenvalue weighted by Crippen LogP contribution is 2.14. The largest absolute Gasteiger partial charge is 0.481 e. The van der Waals surface area contributed by atoms with Gasteiger partial charge in [0.2, 0.25) is 0 Å². The van der Waals surface area contributed by atoms with Crippen molar-refractivity contribution in [3.63, 3.8) is 0 Å². The third kappa shape index (κ3) is 12.5. The van der Waals surface area contributed by atoms with Gasteiger partial charge in [0.15, 0.2) is 0 Å². The maximum absolute atomic E-state index is 11.9. The van der Waals surface area contributed by atoms with E-state index in [0.29, 0.717) is 6.42 Å². The van der Waals surface area contributed by atoms with Gasteiger partial charge in [-0.3, -0.25) is 9.59 Å². The number of hydrogen-bond acceptors (Lipinski definition) is 3. The Morgan fingerprint density at radius 3 is 1.96 bits per heavy atom. The summed E-state index contributed by atoms with van der Waals surface area (Å²) in [4.78, 5) is 22.7. The van der Waals surface area contributed by atoms with Crippen molar-refractivity contribution in [2.24, 2.45) is 11.8 Å². The predicted octanol–water partition coefficient (Wildman–Crippen LogP) is 5.70. The molecule has 2 unspecified atom stereocenters. The van der Waals surface area contributed by atoms with E-state index in [2.05, 4.69) is 32.9 Å². The van der Waals surface area contributed by atoms with Crippen molar-refractivity contribution in [3.8, 4) is 0 Å². The van der Waals surface area contributed by atoms with E-state index in [-0.39, 0.29) is 12.6 Å². The Morgan fingerprint density at radius 1 is 0.885 bits per heavy atom. The zero-order chi connectivity index (χ0) is 20.1. The molecule has 148 valence electrons. The summed E-state index contributed by atoms with van der Waals surface area (Å²) in [6.07, 6.45) is 10.9. The average Bonchev–Trinajstić information content (AvgIpc) is 2.54. The molecule has 0 bridgehead atoms. The second kappa shape index (κ2) is 13.4. The molecule has 0 aliphatic carbocycles. The number of carbonyl (C=O) groups is 2. The first-order chi connectivity index (χ1) is 12.1. The minimum absolute atomic E-state index is 0.250. The highest BCUT2D eigenvalue weighted by Gasteiger charge is 2.21. The normalized spacial score (nSPS) is 14.5. The average molecular weight is 365 g/mol. The summed E-state index contributed by atoms with van der Waals surface area (Å²) in [6.45, 7) is 12.0. The van der Waals surface area contributed by atoms with Crippen LogP contribution >= 0.6 is 0 Å². The zero-order valence-electron chi connectivity index (χ0n) is 17.3. The summed E-state index contributed by atoms with van der Waals surface area (Å²) in [5.74, 6) is -2.16. The molecule has 0 radical (unpaired) electrons. The van der Waals surface area contributed by atoms with E-state index in [9.17, 15) is 9.59 Å². The third-order valence-electron chi connectivity index (χ3n) is 4.31. The number of carbonyl (C=O) groups excluding carboxylic acids is 1. The second-order valence-corrected chi connectivity index (χ2v) is 7.47. The van der Waals surface area contributed by atoms with Crippen LogP contribution < -0.4 is 0 Å². The first-order valence-electron chi connectivity index (χ1n) is 9.47. The number of rotatable bonds is 12. The fraction of sp³-hybridized carbons (Fsp3) is 0.636. The molecule has 0 amide bonds. The highest BCUT2D eigenvalue weighted by atomic mass is 16.5. The molecule has 26 heavy (non-hydrogen) atoms. The van der Waals surface area contributed by atoms with Crippen LogP contribution in [0.2, 0.25) is 0 Å². The van der Waals surface area contributed by atoms with Crippen LogP contribution in [0.25, 0.3) is 0 Å². The van der Waals surface area contributed by atoms with Crippen LogP contribution in [0.4, 0.5) is 0 Å². The number of aliphatic carboxylic acids is 1. The summed E-state index contributed by atoms with van der Waals surface area (Å²) in [6, 6.07) is 0.